The summed E-state index contributed by atoms with van der Waals surface area (Å²) in [5.74, 6) is -1.82. The molecule has 7 heteroatoms. The van der Waals surface area contributed by atoms with Crippen molar-refractivity contribution < 1.29 is 18.7 Å². The van der Waals surface area contributed by atoms with Crippen molar-refractivity contribution in [2.75, 3.05) is 0 Å². The van der Waals surface area contributed by atoms with Crippen LogP contribution in [0.5, 0.6) is 0 Å². The van der Waals surface area contributed by atoms with E-state index in [9.17, 15) is 13.6 Å². The van der Waals surface area contributed by atoms with Gasteiger partial charge in [-0.25, -0.2) is 18.6 Å². The average molecular weight is 247 g/mol. The Balaban J connectivity index is 3.54. The fraction of sp³-hybridized carbons (Fsp3) is 0.222. The van der Waals surface area contributed by atoms with Crippen molar-refractivity contribution in [2.45, 2.75) is 12.3 Å². The molecule has 0 amide bonds. The molecule has 4 nitrogen and oxygen atoms in total. The van der Waals surface area contributed by atoms with Crippen LogP contribution in [-0.4, -0.2) is 16.1 Å². The summed E-state index contributed by atoms with van der Waals surface area (Å²) in [6.45, 7) is 0. The van der Waals surface area contributed by atoms with Crippen LogP contribution >= 0.6 is 11.6 Å². The molecule has 0 bridgehead atoms. The van der Waals surface area contributed by atoms with Gasteiger partial charge in [-0.3, -0.25) is 0 Å². The van der Waals surface area contributed by atoms with Gasteiger partial charge < -0.3 is 5.11 Å². The number of aromatic carboxylic acids is 1. The zero-order valence-electron chi connectivity index (χ0n) is 7.75. The first-order chi connectivity index (χ1) is 7.51. The van der Waals surface area contributed by atoms with Crippen molar-refractivity contribution in [3.05, 3.63) is 28.6 Å². The van der Waals surface area contributed by atoms with Crippen LogP contribution in [0, 0.1) is 11.3 Å². The lowest BCUT2D eigenvalue weighted by atomic mass is 10.1. The molecule has 1 heterocycles. The topological polar surface area (TPSA) is 74.0 Å². The molecule has 0 unspecified atom stereocenters. The molecule has 0 saturated heterocycles. The van der Waals surface area contributed by atoms with Crippen LogP contribution in [0.1, 0.15) is 33.7 Å². The van der Waals surface area contributed by atoms with Crippen LogP contribution in [-0.2, 0) is 5.88 Å². The monoisotopic (exact) mass is 246 g/mol. The van der Waals surface area contributed by atoms with E-state index in [-0.39, 0.29) is 11.3 Å². The molecule has 0 fully saturated rings. The van der Waals surface area contributed by atoms with E-state index in [0.29, 0.717) is 0 Å². The number of aromatic nitrogens is 1. The first-order valence-corrected chi connectivity index (χ1v) is 4.56. The first-order valence-electron chi connectivity index (χ1n) is 4.02. The van der Waals surface area contributed by atoms with Crippen LogP contribution in [0.25, 0.3) is 0 Å². The standard InChI is InChI=1S/C9H5ClF2N2O2/c10-2-6-5(9(15)16)1-4(3-13)14-7(6)8(11)12/h1,8H,2H2,(H,15,16). The largest absolute Gasteiger partial charge is 0.478 e. The van der Waals surface area contributed by atoms with Gasteiger partial charge in [0.2, 0.25) is 0 Å². The molecule has 1 aromatic rings. The lowest BCUT2D eigenvalue weighted by Gasteiger charge is -2.08. The van der Waals surface area contributed by atoms with Crippen LogP contribution < -0.4 is 0 Å². The van der Waals surface area contributed by atoms with Gasteiger partial charge in [0, 0.05) is 5.56 Å². The van der Waals surface area contributed by atoms with Gasteiger partial charge in [-0.05, 0) is 6.07 Å². The summed E-state index contributed by atoms with van der Waals surface area (Å²) in [5.41, 5.74) is -1.81. The number of pyridine rings is 1. The molecule has 0 aliphatic rings. The third-order valence-electron chi connectivity index (χ3n) is 1.84. The van der Waals surface area contributed by atoms with Crippen LogP contribution in [0.15, 0.2) is 6.07 Å². The third kappa shape index (κ3) is 2.25. The van der Waals surface area contributed by atoms with E-state index >= 15 is 0 Å². The molecular formula is C9H5ClF2N2O2. The fourth-order valence-corrected chi connectivity index (χ4v) is 1.44. The van der Waals surface area contributed by atoms with E-state index in [1.165, 1.54) is 6.07 Å². The zero-order chi connectivity index (χ0) is 12.3. The molecule has 1 N–H and O–H groups in total. The molecule has 1 rings (SSSR count). The Bertz CT molecular complexity index is 471. The van der Waals surface area contributed by atoms with Gasteiger partial charge in [-0.1, -0.05) is 0 Å². The van der Waals surface area contributed by atoms with Crippen molar-refractivity contribution in [2.24, 2.45) is 0 Å². The molecule has 0 saturated carbocycles. The summed E-state index contributed by atoms with van der Waals surface area (Å²) >= 11 is 5.40. The van der Waals surface area contributed by atoms with Gasteiger partial charge in [0.15, 0.2) is 0 Å². The maximum Gasteiger partial charge on any atom is 0.336 e. The third-order valence-corrected chi connectivity index (χ3v) is 2.11. The van der Waals surface area contributed by atoms with E-state index in [0.717, 1.165) is 6.07 Å². The molecule has 1 aromatic heterocycles. The number of alkyl halides is 3. The Hall–Kier alpha value is -1.74. The molecule has 84 valence electrons. The number of rotatable bonds is 3. The minimum Gasteiger partial charge on any atom is -0.478 e. The molecule has 16 heavy (non-hydrogen) atoms. The maximum absolute atomic E-state index is 12.6. The van der Waals surface area contributed by atoms with E-state index in [4.69, 9.17) is 22.0 Å². The average Bonchev–Trinajstić information content (AvgIpc) is 2.26. The second-order valence-electron chi connectivity index (χ2n) is 2.77. The molecule has 0 aliphatic heterocycles. The summed E-state index contributed by atoms with van der Waals surface area (Å²) in [4.78, 5) is 14.1. The van der Waals surface area contributed by atoms with E-state index < -0.39 is 29.5 Å². The second kappa shape index (κ2) is 4.86. The second-order valence-corrected chi connectivity index (χ2v) is 3.04. The summed E-state index contributed by atoms with van der Waals surface area (Å²) < 4.78 is 25.1. The minimum absolute atomic E-state index is 0.261. The smallest absolute Gasteiger partial charge is 0.336 e. The van der Waals surface area contributed by atoms with E-state index in [1.807, 2.05) is 0 Å². The highest BCUT2D eigenvalue weighted by molar-refractivity contribution is 6.17. The van der Waals surface area contributed by atoms with E-state index in [2.05, 4.69) is 4.98 Å². The first kappa shape index (κ1) is 12.3. The summed E-state index contributed by atoms with van der Waals surface area (Å²) in [7, 11) is 0. The number of carboxylic acid groups (broad SMARTS) is 1. The Morgan fingerprint density at radius 1 is 1.69 bits per heavy atom. The predicted molar refractivity (Wildman–Crippen MR) is 50.4 cm³/mol. The summed E-state index contributed by atoms with van der Waals surface area (Å²) in [5, 5.41) is 17.3. The molecule has 0 aromatic carbocycles. The zero-order valence-corrected chi connectivity index (χ0v) is 8.50. The van der Waals surface area contributed by atoms with Gasteiger partial charge in [-0.15, -0.1) is 11.6 Å². The van der Waals surface area contributed by atoms with Gasteiger partial charge in [-0.2, -0.15) is 5.26 Å². The Morgan fingerprint density at radius 3 is 2.69 bits per heavy atom. The number of nitriles is 1. The highest BCUT2D eigenvalue weighted by atomic mass is 35.5. The Labute approximate surface area is 94.1 Å². The lowest BCUT2D eigenvalue weighted by molar-refractivity contribution is 0.0695. The van der Waals surface area contributed by atoms with Crippen molar-refractivity contribution in [3.63, 3.8) is 0 Å². The molecule has 0 spiro atoms. The number of carbonyl (C=O) groups is 1. The Kier molecular flexibility index (Phi) is 3.74. The molecule has 0 radical (unpaired) electrons. The fourth-order valence-electron chi connectivity index (χ4n) is 1.16. The summed E-state index contributed by atoms with van der Waals surface area (Å²) in [6.07, 6.45) is -2.97. The normalized spacial score (nSPS) is 10.2. The highest BCUT2D eigenvalue weighted by Crippen LogP contribution is 2.26. The van der Waals surface area contributed by atoms with Gasteiger partial charge in [0.05, 0.1) is 11.4 Å². The maximum atomic E-state index is 12.6. The van der Waals surface area contributed by atoms with Crippen molar-refractivity contribution in [1.29, 1.82) is 5.26 Å². The van der Waals surface area contributed by atoms with Crippen molar-refractivity contribution in [1.82, 2.24) is 4.98 Å². The van der Waals surface area contributed by atoms with Crippen molar-refractivity contribution in [3.8, 4) is 6.07 Å². The SMILES string of the molecule is N#Cc1cc(C(=O)O)c(CCl)c(C(F)F)n1. The van der Waals surface area contributed by atoms with Crippen molar-refractivity contribution >= 4 is 17.6 Å². The van der Waals surface area contributed by atoms with Gasteiger partial charge >= 0.3 is 5.97 Å². The van der Waals surface area contributed by atoms with Crippen LogP contribution in [0.4, 0.5) is 8.78 Å². The molecule has 0 atom stereocenters. The minimum atomic E-state index is -2.97. The lowest BCUT2D eigenvalue weighted by Crippen LogP contribution is -2.09. The number of halogens is 3. The summed E-state index contributed by atoms with van der Waals surface area (Å²) in [6, 6.07) is 2.44. The quantitative estimate of drug-likeness (QED) is 0.831. The predicted octanol–water partition coefficient (Wildman–Crippen LogP) is 2.33. The number of hydrogen-bond donors (Lipinski definition) is 1. The molecule has 0 aliphatic carbocycles. The number of hydrogen-bond acceptors (Lipinski definition) is 3. The van der Waals surface area contributed by atoms with Gasteiger partial charge in [0.1, 0.15) is 17.5 Å². The van der Waals surface area contributed by atoms with E-state index in [1.54, 1.807) is 0 Å². The van der Waals surface area contributed by atoms with Gasteiger partial charge in [0.25, 0.3) is 6.43 Å². The number of carboxylic acids is 1. The Morgan fingerprint density at radius 2 is 2.31 bits per heavy atom. The van der Waals surface area contributed by atoms with Crippen LogP contribution in [0.3, 0.4) is 0 Å². The highest BCUT2D eigenvalue weighted by Gasteiger charge is 2.22. The number of nitrogens with zero attached hydrogens (tertiary/aromatic N) is 2. The van der Waals surface area contributed by atoms with Crippen LogP contribution in [0.2, 0.25) is 0 Å². The molecular weight excluding hydrogens is 242 g/mol.